The van der Waals surface area contributed by atoms with Crippen LogP contribution in [0.2, 0.25) is 0 Å². The van der Waals surface area contributed by atoms with Crippen LogP contribution in [-0.4, -0.2) is 49.6 Å². The first-order valence-corrected chi connectivity index (χ1v) is 6.96. The van der Waals surface area contributed by atoms with Gasteiger partial charge in [-0.05, 0) is 18.8 Å². The summed E-state index contributed by atoms with van der Waals surface area (Å²) in [5, 5.41) is 6.50. The first-order valence-electron chi connectivity index (χ1n) is 6.96. The van der Waals surface area contributed by atoms with Crippen LogP contribution in [0.15, 0.2) is 0 Å². The van der Waals surface area contributed by atoms with Crippen molar-refractivity contribution in [1.82, 2.24) is 15.5 Å². The molecule has 2 unspecified atom stereocenters. The predicted octanol–water partition coefficient (Wildman–Crippen LogP) is 0.587. The Morgan fingerprint density at radius 1 is 1.35 bits per heavy atom. The highest BCUT2D eigenvalue weighted by atomic mass is 16.2. The van der Waals surface area contributed by atoms with Crippen LogP contribution in [0.5, 0.6) is 0 Å². The average Bonchev–Trinajstić information content (AvgIpc) is 2.30. The number of hydrogen-bond acceptors (Lipinski definition) is 3. The Balaban J connectivity index is 1.68. The van der Waals surface area contributed by atoms with Crippen LogP contribution in [-0.2, 0) is 4.79 Å². The molecule has 1 saturated carbocycles. The monoisotopic (exact) mass is 239 g/mol. The third kappa shape index (κ3) is 4.28. The molecule has 17 heavy (non-hydrogen) atoms. The van der Waals surface area contributed by atoms with Crippen LogP contribution < -0.4 is 10.6 Å². The second-order valence-electron chi connectivity index (χ2n) is 5.56. The Morgan fingerprint density at radius 3 is 2.82 bits per heavy atom. The van der Waals surface area contributed by atoms with E-state index in [-0.39, 0.29) is 5.91 Å². The van der Waals surface area contributed by atoms with E-state index in [2.05, 4.69) is 22.5 Å². The first-order chi connectivity index (χ1) is 8.24. The van der Waals surface area contributed by atoms with Gasteiger partial charge in [-0.25, -0.2) is 0 Å². The van der Waals surface area contributed by atoms with Crippen molar-refractivity contribution in [2.24, 2.45) is 5.92 Å². The molecule has 0 spiro atoms. The van der Waals surface area contributed by atoms with Gasteiger partial charge < -0.3 is 10.6 Å². The molecule has 0 radical (unpaired) electrons. The minimum Gasteiger partial charge on any atom is -0.352 e. The van der Waals surface area contributed by atoms with Crippen molar-refractivity contribution >= 4 is 5.91 Å². The number of piperazine rings is 1. The average molecular weight is 239 g/mol. The van der Waals surface area contributed by atoms with Gasteiger partial charge in [-0.15, -0.1) is 0 Å². The Morgan fingerprint density at radius 2 is 2.12 bits per heavy atom. The molecule has 2 rings (SSSR count). The zero-order chi connectivity index (χ0) is 12.1. The second kappa shape index (κ2) is 6.36. The Labute approximate surface area is 104 Å². The SMILES string of the molecule is CC1CCCC(NC(=O)CN2CCNCC2)C1. The summed E-state index contributed by atoms with van der Waals surface area (Å²) in [7, 11) is 0. The smallest absolute Gasteiger partial charge is 0.234 e. The Kier molecular flexibility index (Phi) is 4.80. The quantitative estimate of drug-likeness (QED) is 0.757. The molecule has 0 aromatic heterocycles. The maximum Gasteiger partial charge on any atom is 0.234 e. The fourth-order valence-corrected chi connectivity index (χ4v) is 2.91. The molecule has 1 amide bonds. The molecule has 2 atom stereocenters. The molecule has 2 fully saturated rings. The van der Waals surface area contributed by atoms with Crippen LogP contribution in [0.25, 0.3) is 0 Å². The fraction of sp³-hybridized carbons (Fsp3) is 0.923. The summed E-state index contributed by atoms with van der Waals surface area (Å²) in [6.07, 6.45) is 4.91. The highest BCUT2D eigenvalue weighted by Crippen LogP contribution is 2.23. The lowest BCUT2D eigenvalue weighted by molar-refractivity contribution is -0.123. The summed E-state index contributed by atoms with van der Waals surface area (Å²) in [6.45, 7) is 6.87. The van der Waals surface area contributed by atoms with Gasteiger partial charge in [0.1, 0.15) is 0 Å². The number of hydrogen-bond donors (Lipinski definition) is 2. The molecule has 2 aliphatic rings. The maximum atomic E-state index is 11.9. The summed E-state index contributed by atoms with van der Waals surface area (Å²) >= 11 is 0. The number of carbonyl (C=O) groups is 1. The van der Waals surface area contributed by atoms with Crippen molar-refractivity contribution in [3.05, 3.63) is 0 Å². The lowest BCUT2D eigenvalue weighted by Gasteiger charge is -2.30. The maximum absolute atomic E-state index is 11.9. The zero-order valence-electron chi connectivity index (χ0n) is 10.9. The Bertz CT molecular complexity index is 251. The molecule has 2 N–H and O–H groups in total. The molecular weight excluding hydrogens is 214 g/mol. The summed E-state index contributed by atoms with van der Waals surface area (Å²) in [6, 6.07) is 0.425. The molecule has 1 aliphatic carbocycles. The van der Waals surface area contributed by atoms with Crippen LogP contribution >= 0.6 is 0 Å². The number of nitrogens with zero attached hydrogens (tertiary/aromatic N) is 1. The number of rotatable bonds is 3. The molecule has 1 aliphatic heterocycles. The van der Waals surface area contributed by atoms with Gasteiger partial charge in [0.2, 0.25) is 5.91 Å². The molecule has 98 valence electrons. The zero-order valence-corrected chi connectivity index (χ0v) is 10.9. The van der Waals surface area contributed by atoms with Crippen molar-refractivity contribution < 1.29 is 4.79 Å². The van der Waals surface area contributed by atoms with Crippen molar-refractivity contribution in [3.8, 4) is 0 Å². The van der Waals surface area contributed by atoms with Gasteiger partial charge in [-0.1, -0.05) is 19.8 Å². The lowest BCUT2D eigenvalue weighted by Crippen LogP contribution is -2.49. The van der Waals surface area contributed by atoms with Crippen LogP contribution in [0.1, 0.15) is 32.6 Å². The van der Waals surface area contributed by atoms with Crippen LogP contribution in [0.4, 0.5) is 0 Å². The van der Waals surface area contributed by atoms with Crippen LogP contribution in [0.3, 0.4) is 0 Å². The van der Waals surface area contributed by atoms with Crippen molar-refractivity contribution in [1.29, 1.82) is 0 Å². The van der Waals surface area contributed by atoms with E-state index in [4.69, 9.17) is 0 Å². The second-order valence-corrected chi connectivity index (χ2v) is 5.56. The number of nitrogens with one attached hydrogen (secondary N) is 2. The van der Waals surface area contributed by atoms with Crippen molar-refractivity contribution in [2.75, 3.05) is 32.7 Å². The molecule has 1 saturated heterocycles. The lowest BCUT2D eigenvalue weighted by atomic mass is 9.87. The van der Waals surface area contributed by atoms with Gasteiger partial charge in [-0.3, -0.25) is 9.69 Å². The Hall–Kier alpha value is -0.610. The largest absolute Gasteiger partial charge is 0.352 e. The molecule has 1 heterocycles. The van der Waals surface area contributed by atoms with Crippen molar-refractivity contribution in [3.63, 3.8) is 0 Å². The van der Waals surface area contributed by atoms with Gasteiger partial charge in [0.05, 0.1) is 6.54 Å². The normalized spacial score (nSPS) is 31.1. The predicted molar refractivity (Wildman–Crippen MR) is 68.9 cm³/mol. The fourth-order valence-electron chi connectivity index (χ4n) is 2.91. The van der Waals surface area contributed by atoms with E-state index >= 15 is 0 Å². The van der Waals surface area contributed by atoms with Gasteiger partial charge in [0.15, 0.2) is 0 Å². The highest BCUT2D eigenvalue weighted by molar-refractivity contribution is 5.78. The standard InChI is InChI=1S/C13H25N3O/c1-11-3-2-4-12(9-11)15-13(17)10-16-7-5-14-6-8-16/h11-12,14H,2-10H2,1H3,(H,15,17). The van der Waals surface area contributed by atoms with Gasteiger partial charge >= 0.3 is 0 Å². The number of amides is 1. The molecule has 0 aromatic carbocycles. The molecule has 0 bridgehead atoms. The molecule has 4 nitrogen and oxygen atoms in total. The van der Waals surface area contributed by atoms with Crippen molar-refractivity contribution in [2.45, 2.75) is 38.6 Å². The van der Waals surface area contributed by atoms with E-state index in [1.54, 1.807) is 0 Å². The van der Waals surface area contributed by atoms with E-state index in [1.807, 2.05) is 0 Å². The minimum absolute atomic E-state index is 0.214. The summed E-state index contributed by atoms with van der Waals surface area (Å²) in [4.78, 5) is 14.1. The van der Waals surface area contributed by atoms with E-state index in [1.165, 1.54) is 12.8 Å². The summed E-state index contributed by atoms with van der Waals surface area (Å²) < 4.78 is 0. The van der Waals surface area contributed by atoms with Gasteiger partial charge in [0, 0.05) is 32.2 Å². The highest BCUT2D eigenvalue weighted by Gasteiger charge is 2.21. The van der Waals surface area contributed by atoms with Gasteiger partial charge in [0.25, 0.3) is 0 Å². The molecular formula is C13H25N3O. The van der Waals surface area contributed by atoms with E-state index in [0.717, 1.165) is 44.9 Å². The van der Waals surface area contributed by atoms with E-state index in [0.29, 0.717) is 12.6 Å². The molecule has 4 heteroatoms. The van der Waals surface area contributed by atoms with E-state index < -0.39 is 0 Å². The third-order valence-electron chi connectivity index (χ3n) is 3.88. The van der Waals surface area contributed by atoms with Crippen LogP contribution in [0, 0.1) is 5.92 Å². The topological polar surface area (TPSA) is 44.4 Å². The third-order valence-corrected chi connectivity index (χ3v) is 3.88. The first kappa shape index (κ1) is 12.8. The summed E-state index contributed by atoms with van der Waals surface area (Å²) in [5.74, 6) is 0.985. The van der Waals surface area contributed by atoms with Gasteiger partial charge in [-0.2, -0.15) is 0 Å². The summed E-state index contributed by atoms with van der Waals surface area (Å²) in [5.41, 5.74) is 0. The molecule has 0 aromatic rings. The minimum atomic E-state index is 0.214. The number of carbonyl (C=O) groups excluding carboxylic acids is 1. The van der Waals surface area contributed by atoms with E-state index in [9.17, 15) is 4.79 Å².